The first kappa shape index (κ1) is 22.9. The van der Waals surface area contributed by atoms with Crippen molar-refractivity contribution in [3.63, 3.8) is 0 Å². The quantitative estimate of drug-likeness (QED) is 0.243. The van der Waals surface area contributed by atoms with Crippen LogP contribution in [-0.4, -0.2) is 76.4 Å². The molecule has 0 bridgehead atoms. The molecule has 0 radical (unpaired) electrons. The summed E-state index contributed by atoms with van der Waals surface area (Å²) in [5, 5.41) is 9.62. The molecule has 0 aromatic carbocycles. The molecule has 0 amide bonds. The van der Waals surface area contributed by atoms with Gasteiger partial charge in [-0.25, -0.2) is 0 Å². The molecule has 0 spiro atoms. The molecule has 0 fully saturated rings. The first-order valence-electron chi connectivity index (χ1n) is 8.03. The van der Waals surface area contributed by atoms with Crippen LogP contribution in [0.4, 0.5) is 0 Å². The van der Waals surface area contributed by atoms with Gasteiger partial charge in [0.05, 0.1) is 34.4 Å². The Morgan fingerprint density at radius 3 is 2.35 bits per heavy atom. The number of aliphatic hydroxyl groups excluding tert-OH is 1. The van der Waals surface area contributed by atoms with E-state index < -0.39 is 13.9 Å². The van der Waals surface area contributed by atoms with E-state index in [1.54, 1.807) is 0 Å². The van der Waals surface area contributed by atoms with Gasteiger partial charge in [0, 0.05) is 6.61 Å². The molecule has 0 aliphatic rings. The molecule has 0 aromatic heterocycles. The van der Waals surface area contributed by atoms with Gasteiger partial charge in [-0.1, -0.05) is 12.8 Å². The van der Waals surface area contributed by atoms with E-state index >= 15 is 0 Å². The fraction of sp³-hybridized carbons (Fsp3) is 1.00. The van der Waals surface area contributed by atoms with Crippen LogP contribution >= 0.6 is 7.82 Å². The number of nitrogens with zero attached hydrogens (tertiary/aromatic N) is 1. The number of phosphoric acid groups is 1. The predicted molar refractivity (Wildman–Crippen MR) is 86.8 cm³/mol. The maximum absolute atomic E-state index is 11.5. The maximum Gasteiger partial charge on any atom is 0.268 e. The van der Waals surface area contributed by atoms with Gasteiger partial charge in [0.15, 0.2) is 0 Å². The molecule has 8 nitrogen and oxygen atoms in total. The molecule has 9 heteroatoms. The zero-order valence-corrected chi connectivity index (χ0v) is 15.5. The highest BCUT2D eigenvalue weighted by atomic mass is 31.2. The average Bonchev–Trinajstić information content (AvgIpc) is 2.42. The molecule has 2 atom stereocenters. The zero-order chi connectivity index (χ0) is 17.8. The Morgan fingerprint density at radius 2 is 1.74 bits per heavy atom. The standard InChI is InChI=1S/C14H33N2O6P/c1-16(2,3)9-11-21-23(18,19)22-13-14(17)12-20-10-7-5-4-6-8-15/h14,17H,4-13,15H2,1-3H3/t14-/m1/s1. The van der Waals surface area contributed by atoms with Gasteiger partial charge in [-0.05, 0) is 19.4 Å². The molecular formula is C14H33N2O6P. The minimum atomic E-state index is -4.38. The van der Waals surface area contributed by atoms with Crippen molar-refractivity contribution in [2.75, 3.05) is 60.7 Å². The molecular weight excluding hydrogens is 323 g/mol. The van der Waals surface area contributed by atoms with Crippen molar-refractivity contribution < 1.29 is 32.8 Å². The Balaban J connectivity index is 3.66. The molecule has 0 aliphatic heterocycles. The van der Waals surface area contributed by atoms with Crippen molar-refractivity contribution in [1.82, 2.24) is 0 Å². The molecule has 0 aliphatic carbocycles. The number of hydrogen-bond acceptors (Lipinski definition) is 7. The molecule has 0 aromatic rings. The first-order chi connectivity index (χ1) is 10.7. The third-order valence-corrected chi connectivity index (χ3v) is 3.95. The number of rotatable bonds is 15. The van der Waals surface area contributed by atoms with Crippen molar-refractivity contribution in [3.8, 4) is 0 Å². The van der Waals surface area contributed by atoms with Crippen molar-refractivity contribution in [2.24, 2.45) is 5.73 Å². The minimum Gasteiger partial charge on any atom is -0.756 e. The molecule has 140 valence electrons. The van der Waals surface area contributed by atoms with Gasteiger partial charge in [-0.3, -0.25) is 4.57 Å². The summed E-state index contributed by atoms with van der Waals surface area (Å²) in [6.07, 6.45) is 2.99. The molecule has 0 saturated carbocycles. The summed E-state index contributed by atoms with van der Waals surface area (Å²) in [4.78, 5) is 11.5. The Hall–Kier alpha value is -0.0500. The van der Waals surface area contributed by atoms with Gasteiger partial charge < -0.3 is 34.0 Å². The summed E-state index contributed by atoms with van der Waals surface area (Å²) in [5.41, 5.74) is 5.39. The van der Waals surface area contributed by atoms with E-state index in [9.17, 15) is 14.6 Å². The van der Waals surface area contributed by atoms with Crippen LogP contribution in [0, 0.1) is 0 Å². The number of likely N-dealkylation sites (N-methyl/N-ethyl adjacent to an activating group) is 1. The molecule has 0 rings (SSSR count). The van der Waals surface area contributed by atoms with E-state index in [4.69, 9.17) is 15.0 Å². The molecule has 23 heavy (non-hydrogen) atoms. The average molecular weight is 356 g/mol. The maximum atomic E-state index is 11.5. The van der Waals surface area contributed by atoms with Crippen LogP contribution < -0.4 is 10.6 Å². The number of aliphatic hydroxyl groups is 1. The minimum absolute atomic E-state index is 0.0375. The second-order valence-electron chi connectivity index (χ2n) is 6.52. The topological polar surface area (TPSA) is 114 Å². The van der Waals surface area contributed by atoms with Crippen LogP contribution in [0.3, 0.4) is 0 Å². The van der Waals surface area contributed by atoms with E-state index in [0.29, 0.717) is 24.2 Å². The Bertz CT molecular complexity index is 338. The summed E-state index contributed by atoms with van der Waals surface area (Å²) < 4.78 is 26.7. The number of ether oxygens (including phenoxy) is 1. The van der Waals surface area contributed by atoms with Crippen molar-refractivity contribution in [2.45, 2.75) is 31.8 Å². The molecule has 0 saturated heterocycles. The normalized spacial score (nSPS) is 16.3. The third-order valence-electron chi connectivity index (χ3n) is 2.99. The predicted octanol–water partition coefficient (Wildman–Crippen LogP) is 0.0908. The first-order valence-corrected chi connectivity index (χ1v) is 9.49. The van der Waals surface area contributed by atoms with E-state index in [2.05, 4.69) is 4.52 Å². The molecule has 3 N–H and O–H groups in total. The summed E-state index contributed by atoms with van der Waals surface area (Å²) in [5.74, 6) is 0. The van der Waals surface area contributed by atoms with Crippen LogP contribution in [0.5, 0.6) is 0 Å². The number of hydrogen-bond donors (Lipinski definition) is 2. The highest BCUT2D eigenvalue weighted by Gasteiger charge is 2.15. The van der Waals surface area contributed by atoms with Crippen LogP contribution in [0.15, 0.2) is 0 Å². The van der Waals surface area contributed by atoms with Gasteiger partial charge in [0.25, 0.3) is 7.82 Å². The van der Waals surface area contributed by atoms with E-state index in [1.165, 1.54) is 0 Å². The van der Waals surface area contributed by atoms with Gasteiger partial charge in [-0.15, -0.1) is 0 Å². The second-order valence-corrected chi connectivity index (χ2v) is 7.93. The van der Waals surface area contributed by atoms with Crippen molar-refractivity contribution >= 4 is 7.82 Å². The summed E-state index contributed by atoms with van der Waals surface area (Å²) >= 11 is 0. The van der Waals surface area contributed by atoms with Crippen LogP contribution in [0.1, 0.15) is 25.7 Å². The summed E-state index contributed by atoms with van der Waals surface area (Å²) in [6, 6.07) is 0. The monoisotopic (exact) mass is 356 g/mol. The van der Waals surface area contributed by atoms with Gasteiger partial charge in [0.2, 0.25) is 0 Å². The van der Waals surface area contributed by atoms with Crippen LogP contribution in [0.25, 0.3) is 0 Å². The van der Waals surface area contributed by atoms with Gasteiger partial charge in [0.1, 0.15) is 19.3 Å². The lowest BCUT2D eigenvalue weighted by Crippen LogP contribution is -2.37. The molecule has 0 heterocycles. The van der Waals surface area contributed by atoms with Gasteiger partial charge in [-0.2, -0.15) is 0 Å². The van der Waals surface area contributed by atoms with Crippen molar-refractivity contribution in [3.05, 3.63) is 0 Å². The Labute approximate surface area is 139 Å². The smallest absolute Gasteiger partial charge is 0.268 e. The fourth-order valence-electron chi connectivity index (χ4n) is 1.61. The third kappa shape index (κ3) is 16.6. The van der Waals surface area contributed by atoms with Gasteiger partial charge >= 0.3 is 0 Å². The lowest BCUT2D eigenvalue weighted by Gasteiger charge is -2.27. The van der Waals surface area contributed by atoms with E-state index in [1.807, 2.05) is 21.1 Å². The second kappa shape index (κ2) is 12.3. The van der Waals surface area contributed by atoms with E-state index in [0.717, 1.165) is 25.7 Å². The zero-order valence-electron chi connectivity index (χ0n) is 14.6. The highest BCUT2D eigenvalue weighted by molar-refractivity contribution is 7.45. The van der Waals surface area contributed by atoms with Crippen LogP contribution in [0.2, 0.25) is 0 Å². The molecule has 1 unspecified atom stereocenters. The Kier molecular flexibility index (Phi) is 12.3. The SMILES string of the molecule is C[N+](C)(C)CCOP(=O)([O-])OC[C@H](O)COCCCCCCN. The summed E-state index contributed by atoms with van der Waals surface area (Å²) in [7, 11) is 1.41. The van der Waals surface area contributed by atoms with Crippen LogP contribution in [-0.2, 0) is 18.3 Å². The number of nitrogens with two attached hydrogens (primary N) is 1. The Morgan fingerprint density at radius 1 is 1.09 bits per heavy atom. The lowest BCUT2D eigenvalue weighted by molar-refractivity contribution is -0.870. The lowest BCUT2D eigenvalue weighted by atomic mass is 10.2. The number of phosphoric ester groups is 1. The largest absolute Gasteiger partial charge is 0.756 e. The van der Waals surface area contributed by atoms with Crippen molar-refractivity contribution in [1.29, 1.82) is 0 Å². The fourth-order valence-corrected chi connectivity index (χ4v) is 2.35. The summed E-state index contributed by atoms with van der Waals surface area (Å²) in [6.45, 7) is 1.47. The van der Waals surface area contributed by atoms with E-state index in [-0.39, 0.29) is 19.8 Å². The number of quaternary nitrogens is 1. The highest BCUT2D eigenvalue weighted by Crippen LogP contribution is 2.38. The number of unbranched alkanes of at least 4 members (excludes halogenated alkanes) is 3.